The number of anilines is 1. The van der Waals surface area contributed by atoms with Gasteiger partial charge < -0.3 is 29.9 Å². The molecule has 0 aromatic heterocycles. The van der Waals surface area contributed by atoms with Gasteiger partial charge in [0.2, 0.25) is 11.6 Å². The fourth-order valence-corrected chi connectivity index (χ4v) is 7.56. The van der Waals surface area contributed by atoms with Crippen LogP contribution in [0, 0.1) is 0 Å². The number of amides is 1. The molecule has 0 radical (unpaired) electrons. The number of benzene rings is 2. The quantitative estimate of drug-likeness (QED) is 0.0306. The molecule has 2 aliphatic rings. The van der Waals surface area contributed by atoms with Crippen molar-refractivity contribution in [1.82, 2.24) is 5.32 Å². The van der Waals surface area contributed by atoms with Crippen LogP contribution in [0.4, 0.5) is 11.4 Å². The Labute approximate surface area is 455 Å². The predicted octanol–water partition coefficient (Wildman–Crippen LogP) is -5.33. The van der Waals surface area contributed by atoms with Gasteiger partial charge >= 0.3 is 172 Å². The Bertz CT molecular complexity index is 1780. The van der Waals surface area contributed by atoms with Crippen LogP contribution >= 0.6 is 12.0 Å². The summed E-state index contributed by atoms with van der Waals surface area (Å²) >= 11 is 0.836. The van der Waals surface area contributed by atoms with Crippen LogP contribution in [0.1, 0.15) is 84.3 Å². The zero-order valence-corrected chi connectivity index (χ0v) is 45.6. The molecule has 2 aromatic rings. The minimum Gasteiger partial charge on any atom is -0.744 e. The summed E-state index contributed by atoms with van der Waals surface area (Å²) in [5.41, 5.74) is 4.72. The minimum atomic E-state index is -4.60. The molecule has 0 spiro atoms. The fourth-order valence-electron chi connectivity index (χ4n) is 6.66. The van der Waals surface area contributed by atoms with Crippen LogP contribution in [0.2, 0.25) is 0 Å². The Morgan fingerprint density at radius 2 is 1.69 bits per heavy atom. The average molecular weight is 925 g/mol. The van der Waals surface area contributed by atoms with Crippen molar-refractivity contribution in [3.8, 4) is 0 Å². The zero-order valence-electron chi connectivity index (χ0n) is 31.4. The Kier molecular flexibility index (Phi) is 23.3. The van der Waals surface area contributed by atoms with Crippen molar-refractivity contribution in [2.24, 2.45) is 0 Å². The standard InChI is InChI=1S/C35H45N3O9S2.Cs.2K/c1-6-37-28-19-17-25(49(43,44)45)23-27(28)35(4,5)30(37)12-10-13-31-34(2,3)26-22-24(48-47-46-42)16-18-29(26)38(31)21-9-7-8-14-32(39)36-20-11-15-33(40)41;;;/h10,12-13,16-19,22-23H,6-9,11,14-15,20-21H2,1-5H3,(H3-,36,39,40,41,42,43,44,45);;;/q;3*+1/p-2. The monoisotopic (exact) mass is 924 g/mol. The summed E-state index contributed by atoms with van der Waals surface area (Å²) in [5.74, 6) is -1.23. The van der Waals surface area contributed by atoms with Gasteiger partial charge in [0.1, 0.15) is 16.7 Å². The van der Waals surface area contributed by atoms with E-state index in [0.29, 0.717) is 43.8 Å². The average Bonchev–Trinajstić information content (AvgIpc) is 3.39. The van der Waals surface area contributed by atoms with Gasteiger partial charge in [0.25, 0.3) is 0 Å². The molecule has 17 heteroatoms. The molecule has 2 aliphatic heterocycles. The van der Waals surface area contributed by atoms with Crippen LogP contribution in [0.25, 0.3) is 0 Å². The maximum absolute atomic E-state index is 12.2. The molecule has 0 unspecified atom stereocenters. The van der Waals surface area contributed by atoms with E-state index < -0.39 is 26.9 Å². The summed E-state index contributed by atoms with van der Waals surface area (Å²) < 4.78 is 42.2. The smallest absolute Gasteiger partial charge is 0.744 e. The SMILES string of the molecule is CCN1/C(=C\C=C\C2=[N+](CCCCCC(=O)NCCCC(=O)[O-])c3ccc(SOO[O-])cc3C2(C)C)C(C)(C)c2cc(S(=O)(=O)[O-])ccc21.[Cs+].[K+].[K+]. The van der Waals surface area contributed by atoms with Crippen molar-refractivity contribution in [2.45, 2.75) is 93.8 Å². The van der Waals surface area contributed by atoms with E-state index in [0.717, 1.165) is 58.8 Å². The van der Waals surface area contributed by atoms with Crippen LogP contribution in [0.3, 0.4) is 0 Å². The number of carboxylic acid groups (broad SMARTS) is 1. The number of nitrogens with one attached hydrogen (secondary N) is 1. The number of unbranched alkanes of at least 4 members (excludes halogenated alkanes) is 2. The van der Waals surface area contributed by atoms with Gasteiger partial charge in [0, 0.05) is 71.3 Å². The molecule has 0 fully saturated rings. The van der Waals surface area contributed by atoms with Crippen molar-refractivity contribution >= 4 is 51.1 Å². The number of hydrogen-bond donors (Lipinski definition) is 1. The molecule has 2 aromatic carbocycles. The Morgan fingerprint density at radius 1 is 0.981 bits per heavy atom. The first-order valence-corrected chi connectivity index (χ1v) is 18.4. The number of allylic oxidation sites excluding steroid dienone is 4. The van der Waals surface area contributed by atoms with Crippen molar-refractivity contribution in [2.75, 3.05) is 24.5 Å². The second kappa shape index (κ2) is 23.4. The van der Waals surface area contributed by atoms with E-state index >= 15 is 0 Å². The number of carbonyl (C=O) groups excluding carboxylic acids is 2. The van der Waals surface area contributed by atoms with E-state index in [2.05, 4.69) is 44.1 Å². The van der Waals surface area contributed by atoms with E-state index in [-0.39, 0.29) is 189 Å². The van der Waals surface area contributed by atoms with Gasteiger partial charge in [-0.15, -0.1) is 0 Å². The molecule has 12 nitrogen and oxygen atoms in total. The van der Waals surface area contributed by atoms with E-state index in [1.54, 1.807) is 6.07 Å². The van der Waals surface area contributed by atoms with E-state index in [1.165, 1.54) is 12.1 Å². The number of hydrogen-bond acceptors (Lipinski definition) is 11. The molecule has 0 saturated heterocycles. The van der Waals surface area contributed by atoms with Gasteiger partial charge in [0.05, 0.1) is 22.4 Å². The topological polar surface area (TPSA) is 174 Å². The van der Waals surface area contributed by atoms with Gasteiger partial charge in [0.15, 0.2) is 5.71 Å². The van der Waals surface area contributed by atoms with Crippen molar-refractivity contribution < 1.29 is 219 Å². The molecule has 0 atom stereocenters. The minimum absolute atomic E-state index is 0. The molecule has 1 N–H and O–H groups in total. The zero-order chi connectivity index (χ0) is 36.0. The first-order valence-electron chi connectivity index (χ1n) is 16.3. The van der Waals surface area contributed by atoms with Gasteiger partial charge in [-0.25, -0.2) is 8.42 Å². The third kappa shape index (κ3) is 13.2. The molecule has 0 bridgehead atoms. The predicted molar refractivity (Wildman–Crippen MR) is 181 cm³/mol. The van der Waals surface area contributed by atoms with Gasteiger partial charge in [-0.05, 0) is 88.4 Å². The van der Waals surface area contributed by atoms with Crippen LogP contribution < -0.4 is 192 Å². The third-order valence-corrected chi connectivity index (χ3v) is 10.6. The molecule has 0 aliphatic carbocycles. The van der Waals surface area contributed by atoms with E-state index in [9.17, 15) is 32.9 Å². The first-order chi connectivity index (χ1) is 23.1. The molecule has 4 rings (SSSR count). The number of rotatable bonds is 17. The molecule has 1 amide bonds. The normalized spacial score (nSPS) is 16.2. The largest absolute Gasteiger partial charge is 1.00 e. The van der Waals surface area contributed by atoms with E-state index in [1.807, 2.05) is 51.1 Å². The van der Waals surface area contributed by atoms with E-state index in [4.69, 9.17) is 0 Å². The summed E-state index contributed by atoms with van der Waals surface area (Å²) in [6.07, 6.45) is 9.03. The summed E-state index contributed by atoms with van der Waals surface area (Å²) in [4.78, 5) is 25.3. The molecule has 52 heavy (non-hydrogen) atoms. The van der Waals surface area contributed by atoms with Crippen LogP contribution in [-0.4, -0.2) is 54.8 Å². The summed E-state index contributed by atoms with van der Waals surface area (Å²) in [6, 6.07) is 10.4. The molecular weight excluding hydrogens is 882 g/mol. The molecule has 0 saturated carbocycles. The summed E-state index contributed by atoms with van der Waals surface area (Å²) in [6.45, 7) is 11.9. The number of aliphatic carboxylic acids is 1. The third-order valence-electron chi connectivity index (χ3n) is 9.16. The van der Waals surface area contributed by atoms with Crippen molar-refractivity contribution in [3.05, 3.63) is 71.5 Å². The number of likely N-dealkylation sites (N-methyl/N-ethyl adjacent to an activating group) is 1. The molecule has 266 valence electrons. The van der Waals surface area contributed by atoms with Crippen LogP contribution in [-0.2, 0) is 39.9 Å². The number of carbonyl (C=O) groups is 2. The maximum Gasteiger partial charge on any atom is 1.00 e. The summed E-state index contributed by atoms with van der Waals surface area (Å²) in [5, 5.41) is 27.3. The Balaban J connectivity index is 0.00000451. The first kappa shape index (κ1) is 51.8. The van der Waals surface area contributed by atoms with Crippen molar-refractivity contribution in [3.63, 3.8) is 0 Å². The fraction of sp³-hybridized carbons (Fsp3) is 0.457. The maximum atomic E-state index is 12.2. The number of fused-ring (bicyclic) bond motifs is 2. The second-order valence-corrected chi connectivity index (χ2v) is 15.3. The number of nitrogens with zero attached hydrogens (tertiary/aromatic N) is 2. The number of carboxylic acids is 1. The van der Waals surface area contributed by atoms with Crippen LogP contribution in [0.5, 0.6) is 0 Å². The summed E-state index contributed by atoms with van der Waals surface area (Å²) in [7, 11) is -4.60. The Morgan fingerprint density at radius 3 is 2.33 bits per heavy atom. The van der Waals surface area contributed by atoms with Gasteiger partial charge in [-0.3, -0.25) is 9.83 Å². The van der Waals surface area contributed by atoms with Crippen molar-refractivity contribution in [1.29, 1.82) is 0 Å². The molecular formula is C35H43CsK2N3O9S2+. The second-order valence-electron chi connectivity index (χ2n) is 13.1. The van der Waals surface area contributed by atoms with Gasteiger partial charge in [-0.2, -0.15) is 8.91 Å². The Hall–Kier alpha value is 1.79. The van der Waals surface area contributed by atoms with Gasteiger partial charge in [-0.1, -0.05) is 19.9 Å². The van der Waals surface area contributed by atoms with Crippen LogP contribution in [0.15, 0.2) is 70.1 Å². The molecule has 2 heterocycles.